The Bertz CT molecular complexity index is 435. The lowest BCUT2D eigenvalue weighted by Crippen LogP contribution is -2.32. The lowest BCUT2D eigenvalue weighted by Gasteiger charge is -2.12. The predicted molar refractivity (Wildman–Crippen MR) is 60.0 cm³/mol. The third-order valence-electron chi connectivity index (χ3n) is 2.32. The molecule has 0 fully saturated rings. The Kier molecular flexibility index (Phi) is 3.90. The third-order valence-corrected chi connectivity index (χ3v) is 2.32. The molecule has 84 valence electrons. The lowest BCUT2D eigenvalue weighted by atomic mass is 10.1. The van der Waals surface area contributed by atoms with Gasteiger partial charge < -0.3 is 10.4 Å². The molecule has 2 N–H and O–H groups in total. The van der Waals surface area contributed by atoms with Gasteiger partial charge in [-0.1, -0.05) is 6.07 Å². The van der Waals surface area contributed by atoms with Crippen LogP contribution in [-0.2, 0) is 0 Å². The molecule has 4 heteroatoms. The maximum Gasteiger partial charge on any atom is 0.251 e. The molecule has 4 nitrogen and oxygen atoms in total. The van der Waals surface area contributed by atoms with Crippen molar-refractivity contribution in [3.05, 3.63) is 29.3 Å². The summed E-state index contributed by atoms with van der Waals surface area (Å²) in [5.74, 6) is -0.170. The first kappa shape index (κ1) is 12.1. The number of phenolic OH excluding ortho intramolecular Hbond substituents is 1. The van der Waals surface area contributed by atoms with Crippen molar-refractivity contribution in [2.24, 2.45) is 0 Å². The fourth-order valence-electron chi connectivity index (χ4n) is 1.36. The van der Waals surface area contributed by atoms with Crippen LogP contribution >= 0.6 is 0 Å². The summed E-state index contributed by atoms with van der Waals surface area (Å²) in [4.78, 5) is 11.8. The van der Waals surface area contributed by atoms with Gasteiger partial charge in [0.25, 0.3) is 5.91 Å². The van der Waals surface area contributed by atoms with Gasteiger partial charge in [-0.2, -0.15) is 5.26 Å². The van der Waals surface area contributed by atoms with Crippen molar-refractivity contribution in [1.29, 1.82) is 5.26 Å². The van der Waals surface area contributed by atoms with Crippen molar-refractivity contribution < 1.29 is 9.90 Å². The standard InChI is InChI=1S/C12H14N2O2/c1-8(6-7-13)14-12(16)10-4-3-5-11(15)9(10)2/h3-5,8,15H,6H2,1-2H3,(H,14,16). The van der Waals surface area contributed by atoms with E-state index in [0.29, 0.717) is 11.1 Å². The monoisotopic (exact) mass is 218 g/mol. The van der Waals surface area contributed by atoms with Gasteiger partial charge in [0, 0.05) is 17.2 Å². The molecule has 1 aromatic rings. The molecule has 0 aliphatic carbocycles. The molecule has 1 rings (SSSR count). The summed E-state index contributed by atoms with van der Waals surface area (Å²) in [7, 11) is 0. The van der Waals surface area contributed by atoms with Crippen LogP contribution in [-0.4, -0.2) is 17.1 Å². The van der Waals surface area contributed by atoms with E-state index in [1.54, 1.807) is 26.0 Å². The Morgan fingerprint density at radius 2 is 2.31 bits per heavy atom. The highest BCUT2D eigenvalue weighted by Gasteiger charge is 2.13. The maximum absolute atomic E-state index is 11.8. The predicted octanol–water partition coefficient (Wildman–Crippen LogP) is 1.73. The highest BCUT2D eigenvalue weighted by molar-refractivity contribution is 5.96. The van der Waals surface area contributed by atoms with Crippen LogP contribution in [0.2, 0.25) is 0 Å². The zero-order valence-corrected chi connectivity index (χ0v) is 9.32. The Balaban J connectivity index is 2.82. The van der Waals surface area contributed by atoms with Crippen LogP contribution in [0.25, 0.3) is 0 Å². The van der Waals surface area contributed by atoms with Crippen molar-refractivity contribution in [3.8, 4) is 11.8 Å². The second-order valence-electron chi connectivity index (χ2n) is 3.69. The molecule has 0 aliphatic heterocycles. The number of carbonyl (C=O) groups is 1. The topological polar surface area (TPSA) is 73.1 Å². The second kappa shape index (κ2) is 5.17. The molecule has 1 unspecified atom stereocenters. The molecule has 0 saturated heterocycles. The summed E-state index contributed by atoms with van der Waals surface area (Å²) in [6.45, 7) is 3.44. The third kappa shape index (κ3) is 2.74. The summed E-state index contributed by atoms with van der Waals surface area (Å²) < 4.78 is 0. The highest BCUT2D eigenvalue weighted by atomic mass is 16.3. The Hall–Kier alpha value is -2.02. The second-order valence-corrected chi connectivity index (χ2v) is 3.69. The van der Waals surface area contributed by atoms with Crippen molar-refractivity contribution in [1.82, 2.24) is 5.32 Å². The van der Waals surface area contributed by atoms with E-state index in [2.05, 4.69) is 5.32 Å². The number of rotatable bonds is 3. The van der Waals surface area contributed by atoms with Crippen LogP contribution in [0, 0.1) is 18.3 Å². The van der Waals surface area contributed by atoms with Crippen LogP contribution in [0.5, 0.6) is 5.75 Å². The summed E-state index contributed by atoms with van der Waals surface area (Å²) >= 11 is 0. The van der Waals surface area contributed by atoms with Gasteiger partial charge in [0.15, 0.2) is 0 Å². The number of nitrogens with zero attached hydrogens (tertiary/aromatic N) is 1. The zero-order valence-electron chi connectivity index (χ0n) is 9.32. The molecule has 1 aromatic carbocycles. The summed E-state index contributed by atoms with van der Waals surface area (Å²) in [5, 5.41) is 20.6. The minimum Gasteiger partial charge on any atom is -0.508 e. The normalized spacial score (nSPS) is 11.6. The summed E-state index contributed by atoms with van der Waals surface area (Å²) in [6, 6.07) is 6.58. The van der Waals surface area contributed by atoms with Crippen molar-refractivity contribution in [2.75, 3.05) is 0 Å². The smallest absolute Gasteiger partial charge is 0.251 e. The van der Waals surface area contributed by atoms with Gasteiger partial charge >= 0.3 is 0 Å². The highest BCUT2D eigenvalue weighted by Crippen LogP contribution is 2.19. The van der Waals surface area contributed by atoms with Crippen LogP contribution in [0.15, 0.2) is 18.2 Å². The number of carbonyl (C=O) groups excluding carboxylic acids is 1. The molecule has 16 heavy (non-hydrogen) atoms. The van der Waals surface area contributed by atoms with E-state index in [1.165, 1.54) is 6.07 Å². The average molecular weight is 218 g/mol. The number of nitrogens with one attached hydrogen (secondary N) is 1. The number of hydrogen-bond donors (Lipinski definition) is 2. The molecular weight excluding hydrogens is 204 g/mol. The number of benzene rings is 1. The number of amides is 1. The number of phenols is 1. The molecule has 0 heterocycles. The molecular formula is C12H14N2O2. The van der Waals surface area contributed by atoms with Crippen LogP contribution in [0.4, 0.5) is 0 Å². The fraction of sp³-hybridized carbons (Fsp3) is 0.333. The van der Waals surface area contributed by atoms with Crippen LogP contribution in [0.3, 0.4) is 0 Å². The van der Waals surface area contributed by atoms with Gasteiger partial charge in [-0.3, -0.25) is 4.79 Å². The molecule has 0 radical (unpaired) electrons. The molecule has 0 aliphatic rings. The maximum atomic E-state index is 11.8. The van der Waals surface area contributed by atoms with E-state index in [4.69, 9.17) is 5.26 Å². The van der Waals surface area contributed by atoms with E-state index in [1.807, 2.05) is 6.07 Å². The van der Waals surface area contributed by atoms with Gasteiger partial charge in [0.1, 0.15) is 5.75 Å². The van der Waals surface area contributed by atoms with Crippen molar-refractivity contribution >= 4 is 5.91 Å². The van der Waals surface area contributed by atoms with Gasteiger partial charge in [-0.05, 0) is 26.0 Å². The minimum absolute atomic E-state index is 0.0978. The van der Waals surface area contributed by atoms with Gasteiger partial charge in [0.2, 0.25) is 0 Å². The first-order chi connectivity index (χ1) is 7.56. The van der Waals surface area contributed by atoms with Crippen LogP contribution < -0.4 is 5.32 Å². The quantitative estimate of drug-likeness (QED) is 0.811. The van der Waals surface area contributed by atoms with Gasteiger partial charge in [-0.15, -0.1) is 0 Å². The molecule has 0 aromatic heterocycles. The Morgan fingerprint density at radius 3 is 2.94 bits per heavy atom. The van der Waals surface area contributed by atoms with E-state index in [-0.39, 0.29) is 24.1 Å². The number of aromatic hydroxyl groups is 1. The molecule has 0 bridgehead atoms. The SMILES string of the molecule is Cc1c(O)cccc1C(=O)NC(C)CC#N. The summed E-state index contributed by atoms with van der Waals surface area (Å²) in [6.07, 6.45) is 0.267. The first-order valence-electron chi connectivity index (χ1n) is 5.02. The van der Waals surface area contributed by atoms with E-state index < -0.39 is 0 Å². The van der Waals surface area contributed by atoms with Crippen molar-refractivity contribution in [2.45, 2.75) is 26.3 Å². The largest absolute Gasteiger partial charge is 0.508 e. The van der Waals surface area contributed by atoms with Gasteiger partial charge in [-0.25, -0.2) is 0 Å². The van der Waals surface area contributed by atoms with E-state index in [0.717, 1.165) is 0 Å². The molecule has 1 amide bonds. The molecule has 0 spiro atoms. The lowest BCUT2D eigenvalue weighted by molar-refractivity contribution is 0.0939. The van der Waals surface area contributed by atoms with Crippen LogP contribution in [0.1, 0.15) is 29.3 Å². The van der Waals surface area contributed by atoms with Crippen molar-refractivity contribution in [3.63, 3.8) is 0 Å². The molecule has 0 saturated carbocycles. The van der Waals surface area contributed by atoms with E-state index >= 15 is 0 Å². The number of nitriles is 1. The summed E-state index contributed by atoms with van der Waals surface area (Å²) in [5.41, 5.74) is 0.981. The molecule has 1 atom stereocenters. The van der Waals surface area contributed by atoms with Gasteiger partial charge in [0.05, 0.1) is 12.5 Å². The first-order valence-corrected chi connectivity index (χ1v) is 5.02. The number of hydrogen-bond acceptors (Lipinski definition) is 3. The van der Waals surface area contributed by atoms with E-state index in [9.17, 15) is 9.90 Å². The Labute approximate surface area is 94.5 Å². The minimum atomic E-state index is -0.267. The average Bonchev–Trinajstić information content (AvgIpc) is 2.22. The fourth-order valence-corrected chi connectivity index (χ4v) is 1.36. The Morgan fingerprint density at radius 1 is 1.62 bits per heavy atom. The zero-order chi connectivity index (χ0) is 12.1.